The van der Waals surface area contributed by atoms with Crippen molar-refractivity contribution in [3.8, 4) is 0 Å². The monoisotopic (exact) mass is 221 g/mol. The highest BCUT2D eigenvalue weighted by Crippen LogP contribution is 2.17. The molecule has 0 atom stereocenters. The van der Waals surface area contributed by atoms with Gasteiger partial charge in [0.2, 0.25) is 0 Å². The molecule has 0 fully saturated rings. The topological polar surface area (TPSA) is 69.4 Å². The summed E-state index contributed by atoms with van der Waals surface area (Å²) in [6, 6.07) is 3.33. The molecule has 4 nitrogen and oxygen atoms in total. The number of ketones is 1. The molecule has 0 bridgehead atoms. The van der Waals surface area contributed by atoms with Crippen LogP contribution in [0.5, 0.6) is 0 Å². The molecule has 1 aromatic rings. The second-order valence-corrected chi connectivity index (χ2v) is 3.60. The highest BCUT2D eigenvalue weighted by molar-refractivity contribution is 6.01. The Balaban J connectivity index is 3.32. The van der Waals surface area contributed by atoms with E-state index in [2.05, 4.69) is 4.74 Å². The molecule has 0 heterocycles. The number of hydrogen-bond donors (Lipinski definition) is 1. The minimum atomic E-state index is -0.441. The van der Waals surface area contributed by atoms with Crippen molar-refractivity contribution < 1.29 is 14.3 Å². The summed E-state index contributed by atoms with van der Waals surface area (Å²) >= 11 is 0. The van der Waals surface area contributed by atoms with E-state index in [0.717, 1.165) is 11.1 Å². The highest BCUT2D eigenvalue weighted by atomic mass is 16.5. The average molecular weight is 221 g/mol. The normalized spacial score (nSPS) is 10.0. The summed E-state index contributed by atoms with van der Waals surface area (Å²) in [6.07, 6.45) is 0. The number of benzene rings is 1. The lowest BCUT2D eigenvalue weighted by Gasteiger charge is -2.09. The molecule has 4 heteroatoms. The Morgan fingerprint density at radius 3 is 2.25 bits per heavy atom. The van der Waals surface area contributed by atoms with E-state index >= 15 is 0 Å². The molecule has 2 N–H and O–H groups in total. The summed E-state index contributed by atoms with van der Waals surface area (Å²) < 4.78 is 4.64. The maximum Gasteiger partial charge on any atom is 0.338 e. The SMILES string of the molecule is COC(=O)c1cc(C(=O)CN)c(C)cc1C. The number of rotatable bonds is 3. The van der Waals surface area contributed by atoms with E-state index in [1.165, 1.54) is 7.11 Å². The molecule has 0 aromatic heterocycles. The summed E-state index contributed by atoms with van der Waals surface area (Å²) in [7, 11) is 1.31. The Bertz CT molecular complexity index is 401. The molecule has 0 spiro atoms. The van der Waals surface area contributed by atoms with E-state index in [9.17, 15) is 9.59 Å². The number of nitrogens with two attached hydrogens (primary N) is 1. The van der Waals surface area contributed by atoms with Gasteiger partial charge in [0.05, 0.1) is 19.2 Å². The van der Waals surface area contributed by atoms with E-state index in [1.54, 1.807) is 19.1 Å². The summed E-state index contributed by atoms with van der Waals surface area (Å²) in [5, 5.41) is 0. The van der Waals surface area contributed by atoms with Crippen LogP contribution in [0.3, 0.4) is 0 Å². The summed E-state index contributed by atoms with van der Waals surface area (Å²) in [6.45, 7) is 3.55. The Morgan fingerprint density at radius 1 is 1.19 bits per heavy atom. The van der Waals surface area contributed by atoms with Crippen molar-refractivity contribution in [1.82, 2.24) is 0 Å². The first-order valence-electron chi connectivity index (χ1n) is 4.94. The van der Waals surface area contributed by atoms with Gasteiger partial charge in [-0.15, -0.1) is 0 Å². The van der Waals surface area contributed by atoms with Crippen LogP contribution in [0.4, 0.5) is 0 Å². The first kappa shape index (κ1) is 12.4. The number of carbonyl (C=O) groups is 2. The summed E-state index contributed by atoms with van der Waals surface area (Å²) in [5.74, 6) is -0.619. The van der Waals surface area contributed by atoms with Gasteiger partial charge < -0.3 is 10.5 Å². The van der Waals surface area contributed by atoms with Crippen LogP contribution in [0.1, 0.15) is 31.8 Å². The molecule has 0 radical (unpaired) electrons. The van der Waals surface area contributed by atoms with Gasteiger partial charge in [0.25, 0.3) is 0 Å². The number of esters is 1. The Hall–Kier alpha value is -1.68. The predicted octanol–water partition coefficient (Wildman–Crippen LogP) is 1.23. The van der Waals surface area contributed by atoms with Gasteiger partial charge in [-0.1, -0.05) is 6.07 Å². The number of methoxy groups -OCH3 is 1. The van der Waals surface area contributed by atoms with Crippen LogP contribution in [0, 0.1) is 13.8 Å². The molecule has 0 aliphatic carbocycles. The number of aryl methyl sites for hydroxylation is 2. The van der Waals surface area contributed by atoms with Crippen molar-refractivity contribution in [2.24, 2.45) is 5.73 Å². The lowest BCUT2D eigenvalue weighted by molar-refractivity contribution is 0.0600. The first-order chi connectivity index (χ1) is 7.51. The average Bonchev–Trinajstić information content (AvgIpc) is 2.27. The number of hydrogen-bond acceptors (Lipinski definition) is 4. The van der Waals surface area contributed by atoms with Crippen LogP contribution < -0.4 is 5.73 Å². The van der Waals surface area contributed by atoms with E-state index < -0.39 is 5.97 Å². The zero-order valence-corrected chi connectivity index (χ0v) is 9.66. The molecular weight excluding hydrogens is 206 g/mol. The molecule has 1 rings (SSSR count). The fraction of sp³-hybridized carbons (Fsp3) is 0.333. The van der Waals surface area contributed by atoms with Crippen LogP contribution in [-0.2, 0) is 4.74 Å². The molecule has 16 heavy (non-hydrogen) atoms. The van der Waals surface area contributed by atoms with Gasteiger partial charge in [0.15, 0.2) is 5.78 Å². The molecule has 0 saturated carbocycles. The fourth-order valence-electron chi connectivity index (χ4n) is 1.59. The second kappa shape index (κ2) is 4.90. The lowest BCUT2D eigenvalue weighted by Crippen LogP contribution is -2.16. The molecule has 0 aliphatic heterocycles. The molecule has 1 aromatic carbocycles. The van der Waals surface area contributed by atoms with Crippen LogP contribution >= 0.6 is 0 Å². The standard InChI is InChI=1S/C12H15NO3/c1-7-4-8(2)10(12(15)16-3)5-9(7)11(14)6-13/h4-5H,6,13H2,1-3H3. The van der Waals surface area contributed by atoms with Crippen LogP contribution in [0.25, 0.3) is 0 Å². The zero-order chi connectivity index (χ0) is 12.3. The molecule has 0 amide bonds. The van der Waals surface area contributed by atoms with Gasteiger partial charge in [0.1, 0.15) is 0 Å². The van der Waals surface area contributed by atoms with Gasteiger partial charge in [-0.3, -0.25) is 4.79 Å². The number of ether oxygens (including phenoxy) is 1. The lowest BCUT2D eigenvalue weighted by atomic mass is 9.97. The van der Waals surface area contributed by atoms with Gasteiger partial charge in [-0.05, 0) is 31.0 Å². The minimum absolute atomic E-state index is 0.0650. The van der Waals surface area contributed by atoms with E-state index in [1.807, 2.05) is 6.92 Å². The Kier molecular flexibility index (Phi) is 3.79. The van der Waals surface area contributed by atoms with Crippen LogP contribution in [0.15, 0.2) is 12.1 Å². The smallest absolute Gasteiger partial charge is 0.338 e. The van der Waals surface area contributed by atoms with Gasteiger partial charge in [-0.2, -0.15) is 0 Å². The third kappa shape index (κ3) is 2.28. The Morgan fingerprint density at radius 2 is 1.75 bits per heavy atom. The molecule has 0 saturated heterocycles. The maximum absolute atomic E-state index is 11.5. The van der Waals surface area contributed by atoms with Gasteiger partial charge in [0, 0.05) is 5.56 Å². The van der Waals surface area contributed by atoms with Crippen LogP contribution in [-0.4, -0.2) is 25.4 Å². The molecule has 0 aliphatic rings. The van der Waals surface area contributed by atoms with Gasteiger partial charge >= 0.3 is 5.97 Å². The molecular formula is C12H15NO3. The van der Waals surface area contributed by atoms with Crippen molar-refractivity contribution in [1.29, 1.82) is 0 Å². The van der Waals surface area contributed by atoms with E-state index in [0.29, 0.717) is 11.1 Å². The van der Waals surface area contributed by atoms with E-state index in [4.69, 9.17) is 5.73 Å². The first-order valence-corrected chi connectivity index (χ1v) is 4.94. The second-order valence-electron chi connectivity index (χ2n) is 3.60. The van der Waals surface area contributed by atoms with E-state index in [-0.39, 0.29) is 12.3 Å². The number of carbonyl (C=O) groups excluding carboxylic acids is 2. The van der Waals surface area contributed by atoms with Gasteiger partial charge in [-0.25, -0.2) is 4.79 Å². The summed E-state index contributed by atoms with van der Waals surface area (Å²) in [4.78, 5) is 23.0. The predicted molar refractivity (Wildman–Crippen MR) is 60.6 cm³/mol. The highest BCUT2D eigenvalue weighted by Gasteiger charge is 2.15. The molecule has 86 valence electrons. The van der Waals surface area contributed by atoms with Crippen molar-refractivity contribution >= 4 is 11.8 Å². The van der Waals surface area contributed by atoms with Crippen LogP contribution in [0.2, 0.25) is 0 Å². The Labute approximate surface area is 94.4 Å². The van der Waals surface area contributed by atoms with Crippen molar-refractivity contribution in [2.75, 3.05) is 13.7 Å². The third-order valence-electron chi connectivity index (χ3n) is 2.46. The van der Waals surface area contributed by atoms with Crippen molar-refractivity contribution in [3.63, 3.8) is 0 Å². The van der Waals surface area contributed by atoms with Crippen molar-refractivity contribution in [2.45, 2.75) is 13.8 Å². The van der Waals surface area contributed by atoms with Crippen molar-refractivity contribution in [3.05, 3.63) is 34.4 Å². The minimum Gasteiger partial charge on any atom is -0.465 e. The maximum atomic E-state index is 11.5. The number of Topliss-reactive ketones (excluding diaryl/α,β-unsaturated/α-hetero) is 1. The zero-order valence-electron chi connectivity index (χ0n) is 9.66. The molecule has 0 unspecified atom stereocenters. The fourth-order valence-corrected chi connectivity index (χ4v) is 1.59. The quantitative estimate of drug-likeness (QED) is 0.615. The third-order valence-corrected chi connectivity index (χ3v) is 2.46. The largest absolute Gasteiger partial charge is 0.465 e. The summed E-state index contributed by atoms with van der Waals surface area (Å²) in [5.41, 5.74) is 7.80.